The molecule has 0 saturated carbocycles. The first-order valence-electron chi connectivity index (χ1n) is 7.38. The molecule has 0 radical (unpaired) electrons. The van der Waals surface area contributed by atoms with Gasteiger partial charge in [-0.1, -0.05) is 25.1 Å². The van der Waals surface area contributed by atoms with Crippen molar-refractivity contribution in [3.63, 3.8) is 0 Å². The first-order chi connectivity index (χ1) is 10.0. The van der Waals surface area contributed by atoms with Gasteiger partial charge in [0.1, 0.15) is 9.84 Å². The lowest BCUT2D eigenvalue weighted by molar-refractivity contribution is 0.496. The average molecular weight is 325 g/mol. The van der Waals surface area contributed by atoms with Crippen LogP contribution < -0.4 is 5.32 Å². The van der Waals surface area contributed by atoms with Crippen LogP contribution in [0.25, 0.3) is 10.1 Å². The Morgan fingerprint density at radius 2 is 2.05 bits per heavy atom. The maximum absolute atomic E-state index is 11.3. The predicted molar refractivity (Wildman–Crippen MR) is 91.8 cm³/mol. The van der Waals surface area contributed by atoms with Crippen molar-refractivity contribution in [2.45, 2.75) is 32.2 Å². The van der Waals surface area contributed by atoms with Gasteiger partial charge in [0.05, 0.1) is 0 Å². The van der Waals surface area contributed by atoms with Crippen LogP contribution in [0.3, 0.4) is 0 Å². The molecule has 0 fully saturated rings. The molecular formula is C16H23NO2S2. The van der Waals surface area contributed by atoms with Crippen LogP contribution in [0.15, 0.2) is 29.6 Å². The molecule has 1 heterocycles. The molecule has 0 spiro atoms. The van der Waals surface area contributed by atoms with Gasteiger partial charge < -0.3 is 5.32 Å². The van der Waals surface area contributed by atoms with Crippen molar-refractivity contribution in [1.29, 1.82) is 0 Å². The van der Waals surface area contributed by atoms with Crippen LogP contribution in [0.5, 0.6) is 0 Å². The van der Waals surface area contributed by atoms with Crippen molar-refractivity contribution in [2.75, 3.05) is 18.6 Å². The van der Waals surface area contributed by atoms with Gasteiger partial charge in [0.15, 0.2) is 0 Å². The lowest BCUT2D eigenvalue weighted by Crippen LogP contribution is -2.22. The number of benzene rings is 1. The van der Waals surface area contributed by atoms with Crippen molar-refractivity contribution >= 4 is 31.3 Å². The molecule has 2 aromatic rings. The summed E-state index contributed by atoms with van der Waals surface area (Å²) in [4.78, 5) is 0. The number of nitrogens with one attached hydrogen (secondary N) is 1. The van der Waals surface area contributed by atoms with E-state index in [9.17, 15) is 8.42 Å². The summed E-state index contributed by atoms with van der Waals surface area (Å²) in [5.74, 6) is 0.263. The van der Waals surface area contributed by atoms with E-state index < -0.39 is 9.84 Å². The molecule has 0 amide bonds. The zero-order chi connectivity index (χ0) is 15.3. The first-order valence-corrected chi connectivity index (χ1v) is 10.3. The lowest BCUT2D eigenvalue weighted by Gasteiger charge is -2.18. The molecule has 0 saturated heterocycles. The van der Waals surface area contributed by atoms with Crippen LogP contribution in [0, 0.1) is 0 Å². The molecule has 5 heteroatoms. The highest BCUT2D eigenvalue weighted by Crippen LogP contribution is 2.32. The van der Waals surface area contributed by atoms with Crippen molar-refractivity contribution in [2.24, 2.45) is 0 Å². The van der Waals surface area contributed by atoms with E-state index >= 15 is 0 Å². The summed E-state index contributed by atoms with van der Waals surface area (Å²) in [7, 11) is -2.88. The molecule has 21 heavy (non-hydrogen) atoms. The quantitative estimate of drug-likeness (QED) is 0.803. The van der Waals surface area contributed by atoms with Gasteiger partial charge in [0, 0.05) is 22.8 Å². The highest BCUT2D eigenvalue weighted by molar-refractivity contribution is 7.90. The molecule has 2 rings (SSSR count). The van der Waals surface area contributed by atoms with Crippen LogP contribution in [0.1, 0.15) is 37.8 Å². The van der Waals surface area contributed by atoms with E-state index in [1.54, 1.807) is 11.3 Å². The highest BCUT2D eigenvalue weighted by Gasteiger charge is 2.16. The number of hydrogen-bond acceptors (Lipinski definition) is 4. The minimum atomic E-state index is -2.88. The molecule has 0 aliphatic rings. The fourth-order valence-electron chi connectivity index (χ4n) is 2.50. The lowest BCUT2D eigenvalue weighted by atomic mass is 10.0. The summed E-state index contributed by atoms with van der Waals surface area (Å²) in [6.45, 7) is 3.10. The molecule has 0 bridgehead atoms. The Labute approximate surface area is 131 Å². The molecule has 1 unspecified atom stereocenters. The van der Waals surface area contributed by atoms with E-state index in [-0.39, 0.29) is 11.8 Å². The second-order valence-electron chi connectivity index (χ2n) is 5.47. The maximum Gasteiger partial charge on any atom is 0.147 e. The van der Waals surface area contributed by atoms with Crippen LogP contribution in [-0.2, 0) is 9.84 Å². The van der Waals surface area contributed by atoms with Crippen molar-refractivity contribution in [3.8, 4) is 0 Å². The molecule has 116 valence electrons. The third-order valence-electron chi connectivity index (χ3n) is 3.54. The second-order valence-corrected chi connectivity index (χ2v) is 8.64. The van der Waals surface area contributed by atoms with Gasteiger partial charge >= 0.3 is 0 Å². The van der Waals surface area contributed by atoms with Crippen LogP contribution in [-0.4, -0.2) is 27.0 Å². The normalized spacial score (nSPS) is 13.6. The molecule has 3 nitrogen and oxygen atoms in total. The summed E-state index contributed by atoms with van der Waals surface area (Å²) >= 11 is 1.76. The molecule has 0 aliphatic heterocycles. The van der Waals surface area contributed by atoms with E-state index in [4.69, 9.17) is 0 Å². The summed E-state index contributed by atoms with van der Waals surface area (Å²) < 4.78 is 23.9. The third kappa shape index (κ3) is 4.80. The minimum absolute atomic E-state index is 0.239. The Morgan fingerprint density at radius 3 is 2.76 bits per heavy atom. The summed E-state index contributed by atoms with van der Waals surface area (Å²) in [6.07, 6.45) is 3.93. The standard InChI is InChI=1S/C16H23NO2S2/c1-3-10-17-15(8-6-11-21(2,18)19)14-12-20-16-9-5-4-7-13(14)16/h4-5,7,9,12,15,17H,3,6,8,10-11H2,1-2H3. The Balaban J connectivity index is 2.15. The van der Waals surface area contributed by atoms with Gasteiger partial charge in [0.25, 0.3) is 0 Å². The number of thiophene rings is 1. The van der Waals surface area contributed by atoms with E-state index in [2.05, 4.69) is 41.9 Å². The largest absolute Gasteiger partial charge is 0.310 e. The zero-order valence-electron chi connectivity index (χ0n) is 12.6. The Kier molecular flexibility index (Phi) is 5.79. The van der Waals surface area contributed by atoms with Crippen molar-refractivity contribution < 1.29 is 8.42 Å². The minimum Gasteiger partial charge on any atom is -0.310 e. The van der Waals surface area contributed by atoms with Gasteiger partial charge in [-0.15, -0.1) is 11.3 Å². The maximum atomic E-state index is 11.3. The van der Waals surface area contributed by atoms with Gasteiger partial charge in [0.2, 0.25) is 0 Å². The van der Waals surface area contributed by atoms with Crippen LogP contribution in [0.2, 0.25) is 0 Å². The molecular weight excluding hydrogens is 302 g/mol. The fraction of sp³-hybridized carbons (Fsp3) is 0.500. The molecule has 1 aromatic carbocycles. The molecule has 1 aromatic heterocycles. The smallest absolute Gasteiger partial charge is 0.147 e. The fourth-order valence-corrected chi connectivity index (χ4v) is 4.21. The summed E-state index contributed by atoms with van der Waals surface area (Å²) in [6, 6.07) is 8.64. The van der Waals surface area contributed by atoms with Gasteiger partial charge in [-0.05, 0) is 48.2 Å². The summed E-state index contributed by atoms with van der Waals surface area (Å²) in [5.41, 5.74) is 1.30. The van der Waals surface area contributed by atoms with Crippen LogP contribution >= 0.6 is 11.3 Å². The Hall–Kier alpha value is -0.910. The number of hydrogen-bond donors (Lipinski definition) is 1. The average Bonchev–Trinajstić information content (AvgIpc) is 2.85. The zero-order valence-corrected chi connectivity index (χ0v) is 14.3. The Bertz CT molecular complexity index is 676. The highest BCUT2D eigenvalue weighted by atomic mass is 32.2. The second kappa shape index (κ2) is 7.38. The van der Waals surface area contributed by atoms with Crippen LogP contribution in [0.4, 0.5) is 0 Å². The Morgan fingerprint density at radius 1 is 1.29 bits per heavy atom. The topological polar surface area (TPSA) is 46.2 Å². The van der Waals surface area contributed by atoms with Crippen molar-refractivity contribution in [1.82, 2.24) is 5.32 Å². The van der Waals surface area contributed by atoms with Gasteiger partial charge in [-0.2, -0.15) is 0 Å². The first kappa shape index (κ1) is 16.5. The van der Waals surface area contributed by atoms with E-state index in [0.29, 0.717) is 6.42 Å². The predicted octanol–water partition coefficient (Wildman–Crippen LogP) is 3.77. The molecule has 1 atom stereocenters. The van der Waals surface area contributed by atoms with Crippen molar-refractivity contribution in [3.05, 3.63) is 35.2 Å². The third-order valence-corrected chi connectivity index (χ3v) is 5.55. The van der Waals surface area contributed by atoms with E-state index in [0.717, 1.165) is 19.4 Å². The summed E-state index contributed by atoms with van der Waals surface area (Å²) in [5, 5.41) is 7.06. The van der Waals surface area contributed by atoms with E-state index in [1.807, 2.05) is 0 Å². The molecule has 0 aliphatic carbocycles. The monoisotopic (exact) mass is 325 g/mol. The number of rotatable bonds is 8. The van der Waals surface area contributed by atoms with Gasteiger partial charge in [-0.3, -0.25) is 0 Å². The number of sulfone groups is 1. The van der Waals surface area contributed by atoms with E-state index in [1.165, 1.54) is 21.9 Å². The van der Waals surface area contributed by atoms with Gasteiger partial charge in [-0.25, -0.2) is 8.42 Å². The SMILES string of the molecule is CCCNC(CCCS(C)(=O)=O)c1csc2ccccc12. The molecule has 1 N–H and O–H groups in total. The number of fused-ring (bicyclic) bond motifs is 1.